The first-order valence-electron chi connectivity index (χ1n) is 6.55. The maximum Gasteiger partial charge on any atom is 0.163 e. The third-order valence-electron chi connectivity index (χ3n) is 3.89. The topological polar surface area (TPSA) is 17.1 Å². The second-order valence-electron chi connectivity index (χ2n) is 5.08. The standard InChI is InChI=1S/C17H15ClO/c1-11-5-4-8-15(17(11)18)13-9-10-16(19)14-7-3-2-6-12(13)14/h2-8,13H,9-10H2,1H3. The van der Waals surface area contributed by atoms with E-state index < -0.39 is 0 Å². The van der Waals surface area contributed by atoms with Crippen LogP contribution in [-0.2, 0) is 0 Å². The van der Waals surface area contributed by atoms with Crippen molar-refractivity contribution in [3.05, 3.63) is 69.7 Å². The smallest absolute Gasteiger partial charge is 0.163 e. The van der Waals surface area contributed by atoms with Gasteiger partial charge in [-0.1, -0.05) is 54.1 Å². The minimum absolute atomic E-state index is 0.237. The van der Waals surface area contributed by atoms with E-state index in [1.54, 1.807) is 0 Å². The van der Waals surface area contributed by atoms with Gasteiger partial charge < -0.3 is 0 Å². The van der Waals surface area contributed by atoms with Crippen molar-refractivity contribution >= 4 is 17.4 Å². The van der Waals surface area contributed by atoms with E-state index in [2.05, 4.69) is 12.1 Å². The van der Waals surface area contributed by atoms with Crippen LogP contribution in [0.25, 0.3) is 0 Å². The minimum atomic E-state index is 0.237. The van der Waals surface area contributed by atoms with E-state index in [0.717, 1.165) is 33.7 Å². The first-order valence-corrected chi connectivity index (χ1v) is 6.93. The number of fused-ring (bicyclic) bond motifs is 1. The van der Waals surface area contributed by atoms with Gasteiger partial charge in [-0.3, -0.25) is 4.79 Å². The number of Topliss-reactive ketones (excluding diaryl/α,β-unsaturated/α-hetero) is 1. The summed E-state index contributed by atoms with van der Waals surface area (Å²) in [5.41, 5.74) is 4.21. The molecule has 1 nitrogen and oxygen atoms in total. The molecule has 0 aliphatic heterocycles. The van der Waals surface area contributed by atoms with E-state index in [1.807, 2.05) is 37.3 Å². The van der Waals surface area contributed by atoms with Gasteiger partial charge in [0.05, 0.1) is 0 Å². The molecule has 0 aromatic heterocycles. The molecule has 1 aliphatic carbocycles. The molecule has 1 unspecified atom stereocenters. The molecule has 0 radical (unpaired) electrons. The first-order chi connectivity index (χ1) is 9.18. The molecule has 0 spiro atoms. The molecule has 0 amide bonds. The molecule has 96 valence electrons. The fraction of sp³-hybridized carbons (Fsp3) is 0.235. The van der Waals surface area contributed by atoms with Crippen LogP contribution in [0.2, 0.25) is 5.02 Å². The Morgan fingerprint density at radius 2 is 1.79 bits per heavy atom. The largest absolute Gasteiger partial charge is 0.294 e. The summed E-state index contributed by atoms with van der Waals surface area (Å²) in [6.45, 7) is 2.02. The molecular weight excluding hydrogens is 256 g/mol. The number of halogens is 1. The third kappa shape index (κ3) is 2.08. The molecule has 2 heteroatoms. The molecule has 19 heavy (non-hydrogen) atoms. The molecule has 1 atom stereocenters. The summed E-state index contributed by atoms with van der Waals surface area (Å²) < 4.78 is 0. The molecule has 0 N–H and O–H groups in total. The Hall–Kier alpha value is -1.60. The first kappa shape index (κ1) is 12.4. The number of ketones is 1. The molecule has 0 saturated heterocycles. The molecule has 1 aliphatic rings. The Labute approximate surface area is 118 Å². The van der Waals surface area contributed by atoms with Crippen molar-refractivity contribution in [3.63, 3.8) is 0 Å². The van der Waals surface area contributed by atoms with Crippen LogP contribution < -0.4 is 0 Å². The fourth-order valence-electron chi connectivity index (χ4n) is 2.88. The van der Waals surface area contributed by atoms with Crippen molar-refractivity contribution in [2.45, 2.75) is 25.7 Å². The Morgan fingerprint density at radius 3 is 2.63 bits per heavy atom. The monoisotopic (exact) mass is 270 g/mol. The van der Waals surface area contributed by atoms with E-state index in [-0.39, 0.29) is 11.7 Å². The van der Waals surface area contributed by atoms with Gasteiger partial charge in [0, 0.05) is 22.9 Å². The van der Waals surface area contributed by atoms with Crippen molar-refractivity contribution in [2.24, 2.45) is 0 Å². The maximum absolute atomic E-state index is 12.0. The predicted octanol–water partition coefficient (Wildman–Crippen LogP) is 4.76. The summed E-state index contributed by atoms with van der Waals surface area (Å²) in [7, 11) is 0. The minimum Gasteiger partial charge on any atom is -0.294 e. The Bertz CT molecular complexity index is 645. The summed E-state index contributed by atoms with van der Waals surface area (Å²) in [6.07, 6.45) is 1.45. The normalized spacial score (nSPS) is 18.2. The van der Waals surface area contributed by atoms with Gasteiger partial charge >= 0.3 is 0 Å². The predicted molar refractivity (Wildman–Crippen MR) is 78.0 cm³/mol. The lowest BCUT2D eigenvalue weighted by Crippen LogP contribution is -2.16. The highest BCUT2D eigenvalue weighted by molar-refractivity contribution is 6.32. The second kappa shape index (κ2) is 4.82. The van der Waals surface area contributed by atoms with Crippen LogP contribution in [-0.4, -0.2) is 5.78 Å². The van der Waals surface area contributed by atoms with Crippen LogP contribution in [0, 0.1) is 6.92 Å². The molecule has 0 fully saturated rings. The highest BCUT2D eigenvalue weighted by atomic mass is 35.5. The van der Waals surface area contributed by atoms with Crippen molar-refractivity contribution in [1.29, 1.82) is 0 Å². The van der Waals surface area contributed by atoms with Crippen LogP contribution >= 0.6 is 11.6 Å². The molecular formula is C17H15ClO. The van der Waals surface area contributed by atoms with Crippen LogP contribution in [0.5, 0.6) is 0 Å². The van der Waals surface area contributed by atoms with Gasteiger partial charge in [0.2, 0.25) is 0 Å². The molecule has 0 bridgehead atoms. The number of aryl methyl sites for hydroxylation is 1. The number of carbonyl (C=O) groups excluding carboxylic acids is 1. The van der Waals surface area contributed by atoms with Gasteiger partial charge in [0.1, 0.15) is 0 Å². The Morgan fingerprint density at radius 1 is 1.05 bits per heavy atom. The lowest BCUT2D eigenvalue weighted by molar-refractivity contribution is 0.0969. The van der Waals surface area contributed by atoms with E-state index >= 15 is 0 Å². The van der Waals surface area contributed by atoms with Crippen molar-refractivity contribution in [3.8, 4) is 0 Å². The number of hydrogen-bond acceptors (Lipinski definition) is 1. The van der Waals surface area contributed by atoms with Crippen LogP contribution in [0.3, 0.4) is 0 Å². The van der Waals surface area contributed by atoms with Crippen LogP contribution in [0.15, 0.2) is 42.5 Å². The molecule has 2 aromatic rings. The maximum atomic E-state index is 12.0. The van der Waals surface area contributed by atoms with Crippen molar-refractivity contribution in [1.82, 2.24) is 0 Å². The number of rotatable bonds is 1. The summed E-state index contributed by atoms with van der Waals surface area (Å²) in [5.74, 6) is 0.483. The van der Waals surface area contributed by atoms with Gasteiger partial charge in [-0.15, -0.1) is 0 Å². The Kier molecular flexibility index (Phi) is 3.16. The van der Waals surface area contributed by atoms with Gasteiger partial charge in [0.25, 0.3) is 0 Å². The summed E-state index contributed by atoms with van der Waals surface area (Å²) >= 11 is 6.44. The number of hydrogen-bond donors (Lipinski definition) is 0. The molecule has 2 aromatic carbocycles. The third-order valence-corrected chi connectivity index (χ3v) is 4.41. The number of benzene rings is 2. The lowest BCUT2D eigenvalue weighted by atomic mass is 9.78. The van der Waals surface area contributed by atoms with Gasteiger partial charge in [0.15, 0.2) is 5.78 Å². The zero-order valence-electron chi connectivity index (χ0n) is 10.8. The molecule has 0 heterocycles. The summed E-state index contributed by atoms with van der Waals surface area (Å²) in [4.78, 5) is 12.0. The zero-order valence-corrected chi connectivity index (χ0v) is 11.6. The molecule has 3 rings (SSSR count). The van der Waals surface area contributed by atoms with E-state index in [4.69, 9.17) is 11.6 Å². The van der Waals surface area contributed by atoms with Gasteiger partial charge in [-0.05, 0) is 30.0 Å². The molecule has 0 saturated carbocycles. The highest BCUT2D eigenvalue weighted by Gasteiger charge is 2.27. The van der Waals surface area contributed by atoms with E-state index in [9.17, 15) is 4.79 Å². The average Bonchev–Trinajstić information content (AvgIpc) is 2.43. The van der Waals surface area contributed by atoms with Gasteiger partial charge in [-0.25, -0.2) is 0 Å². The van der Waals surface area contributed by atoms with Crippen molar-refractivity contribution < 1.29 is 4.79 Å². The van der Waals surface area contributed by atoms with Crippen molar-refractivity contribution in [2.75, 3.05) is 0 Å². The lowest BCUT2D eigenvalue weighted by Gasteiger charge is -2.26. The SMILES string of the molecule is Cc1cccc(C2CCC(=O)c3ccccc32)c1Cl. The fourth-order valence-corrected chi connectivity index (χ4v) is 3.14. The highest BCUT2D eigenvalue weighted by Crippen LogP contribution is 2.40. The number of carbonyl (C=O) groups is 1. The summed E-state index contributed by atoms with van der Waals surface area (Å²) in [5, 5.41) is 0.830. The quantitative estimate of drug-likeness (QED) is 0.730. The van der Waals surface area contributed by atoms with Crippen LogP contribution in [0.4, 0.5) is 0 Å². The van der Waals surface area contributed by atoms with E-state index in [0.29, 0.717) is 6.42 Å². The van der Waals surface area contributed by atoms with Gasteiger partial charge in [-0.2, -0.15) is 0 Å². The van der Waals surface area contributed by atoms with Crippen LogP contribution in [0.1, 0.15) is 45.8 Å². The van der Waals surface area contributed by atoms with E-state index in [1.165, 1.54) is 0 Å². The average molecular weight is 271 g/mol. The summed E-state index contributed by atoms with van der Waals surface area (Å²) in [6, 6.07) is 14.0. The Balaban J connectivity index is 2.15. The second-order valence-corrected chi connectivity index (χ2v) is 5.46. The zero-order chi connectivity index (χ0) is 13.4.